The summed E-state index contributed by atoms with van der Waals surface area (Å²) >= 11 is 0. The molecule has 2 aliphatic rings. The number of halogens is 1. The third kappa shape index (κ3) is 5.46. The first kappa shape index (κ1) is 21.0. The van der Waals surface area contributed by atoms with Gasteiger partial charge in [-0.15, -0.1) is 24.0 Å². The second kappa shape index (κ2) is 10.0. The standard InChI is InChI=1S/C17H34N4O.HI/c1-6-12(7-2)15(21(4)5)11-19-17(18-3)20-14-10-13-8-9-16(14)22-13;/h12-16H,6-11H2,1-5H3,(H2,18,19,20);1H. The molecule has 0 aromatic carbocycles. The van der Waals surface area contributed by atoms with Gasteiger partial charge in [0.05, 0.1) is 18.2 Å². The minimum atomic E-state index is 0. The molecule has 0 saturated carbocycles. The molecule has 2 aliphatic heterocycles. The SMILES string of the molecule is CCC(CC)C(CNC(=NC)NC1CC2CCC1O2)N(C)C.I. The van der Waals surface area contributed by atoms with Crippen LogP contribution in [0.2, 0.25) is 0 Å². The maximum Gasteiger partial charge on any atom is 0.191 e. The molecule has 2 saturated heterocycles. The predicted octanol–water partition coefficient (Wildman–Crippen LogP) is 2.46. The Labute approximate surface area is 159 Å². The fourth-order valence-electron chi connectivity index (χ4n) is 3.96. The minimum absolute atomic E-state index is 0. The third-order valence-electron chi connectivity index (χ3n) is 5.39. The molecule has 0 spiro atoms. The Kier molecular flexibility index (Phi) is 9.15. The minimum Gasteiger partial charge on any atom is -0.373 e. The van der Waals surface area contributed by atoms with Crippen LogP contribution in [0.15, 0.2) is 4.99 Å². The molecule has 4 atom stereocenters. The predicted molar refractivity (Wildman–Crippen MR) is 108 cm³/mol. The van der Waals surface area contributed by atoms with Crippen molar-refractivity contribution in [2.24, 2.45) is 10.9 Å². The molecule has 2 N–H and O–H groups in total. The molecule has 2 heterocycles. The number of guanidine groups is 1. The van der Waals surface area contributed by atoms with E-state index >= 15 is 0 Å². The van der Waals surface area contributed by atoms with Gasteiger partial charge in [0.15, 0.2) is 5.96 Å². The number of hydrogen-bond donors (Lipinski definition) is 2. The fraction of sp³-hybridized carbons (Fsp3) is 0.941. The number of rotatable bonds is 7. The molecule has 0 aromatic heterocycles. The molecule has 4 unspecified atom stereocenters. The average Bonchev–Trinajstić information content (AvgIpc) is 3.12. The second-order valence-electron chi connectivity index (χ2n) is 6.92. The maximum atomic E-state index is 5.91. The van der Waals surface area contributed by atoms with Crippen molar-refractivity contribution in [2.75, 3.05) is 27.7 Å². The van der Waals surface area contributed by atoms with Crippen LogP contribution in [0.1, 0.15) is 46.0 Å². The van der Waals surface area contributed by atoms with E-state index in [4.69, 9.17) is 4.74 Å². The van der Waals surface area contributed by atoms with Gasteiger partial charge in [-0.3, -0.25) is 4.99 Å². The molecule has 2 fully saturated rings. The topological polar surface area (TPSA) is 48.9 Å². The zero-order chi connectivity index (χ0) is 16.1. The smallest absolute Gasteiger partial charge is 0.191 e. The lowest BCUT2D eigenvalue weighted by Gasteiger charge is -2.32. The average molecular weight is 438 g/mol. The molecule has 0 radical (unpaired) electrons. The highest BCUT2D eigenvalue weighted by Crippen LogP contribution is 2.34. The van der Waals surface area contributed by atoms with Crippen LogP contribution < -0.4 is 10.6 Å². The van der Waals surface area contributed by atoms with E-state index in [1.807, 2.05) is 7.05 Å². The van der Waals surface area contributed by atoms with Crippen molar-refractivity contribution in [1.82, 2.24) is 15.5 Å². The lowest BCUT2D eigenvalue weighted by molar-refractivity contribution is 0.0992. The first-order chi connectivity index (χ1) is 10.6. The van der Waals surface area contributed by atoms with Crippen molar-refractivity contribution in [3.63, 3.8) is 0 Å². The maximum absolute atomic E-state index is 5.91. The summed E-state index contributed by atoms with van der Waals surface area (Å²) in [6, 6.07) is 0.959. The summed E-state index contributed by atoms with van der Waals surface area (Å²) < 4.78 is 5.91. The zero-order valence-corrected chi connectivity index (χ0v) is 17.7. The molecule has 6 heteroatoms. The number of nitrogens with zero attached hydrogens (tertiary/aromatic N) is 2. The van der Waals surface area contributed by atoms with Crippen molar-refractivity contribution in [3.8, 4) is 0 Å². The Bertz CT molecular complexity index is 374. The number of nitrogens with one attached hydrogen (secondary N) is 2. The zero-order valence-electron chi connectivity index (χ0n) is 15.3. The molecule has 0 aromatic rings. The van der Waals surface area contributed by atoms with Crippen LogP contribution in [-0.2, 0) is 4.74 Å². The third-order valence-corrected chi connectivity index (χ3v) is 5.39. The summed E-state index contributed by atoms with van der Waals surface area (Å²) in [6.07, 6.45) is 6.82. The summed E-state index contributed by atoms with van der Waals surface area (Å²) in [5.41, 5.74) is 0. The van der Waals surface area contributed by atoms with Gasteiger partial charge in [0, 0.05) is 19.6 Å². The highest BCUT2D eigenvalue weighted by Gasteiger charge is 2.41. The molecule has 5 nitrogen and oxygen atoms in total. The van der Waals surface area contributed by atoms with Gasteiger partial charge in [-0.05, 0) is 39.3 Å². The van der Waals surface area contributed by atoms with E-state index in [0.717, 1.165) is 18.9 Å². The van der Waals surface area contributed by atoms with Crippen LogP contribution in [0, 0.1) is 5.92 Å². The number of fused-ring (bicyclic) bond motifs is 2. The van der Waals surface area contributed by atoms with E-state index in [2.05, 4.69) is 48.5 Å². The van der Waals surface area contributed by atoms with Gasteiger partial charge in [-0.1, -0.05) is 26.7 Å². The molecule has 0 aliphatic carbocycles. The van der Waals surface area contributed by atoms with Crippen LogP contribution in [-0.4, -0.2) is 62.8 Å². The highest BCUT2D eigenvalue weighted by molar-refractivity contribution is 14.0. The normalized spacial score (nSPS) is 28.1. The number of hydrogen-bond acceptors (Lipinski definition) is 3. The Morgan fingerprint density at radius 1 is 1.26 bits per heavy atom. The highest BCUT2D eigenvalue weighted by atomic mass is 127. The van der Waals surface area contributed by atoms with Gasteiger partial charge < -0.3 is 20.3 Å². The first-order valence-electron chi connectivity index (χ1n) is 8.88. The summed E-state index contributed by atoms with van der Waals surface area (Å²) in [6.45, 7) is 5.50. The Morgan fingerprint density at radius 3 is 2.39 bits per heavy atom. The fourth-order valence-corrected chi connectivity index (χ4v) is 3.96. The van der Waals surface area contributed by atoms with E-state index in [1.165, 1.54) is 25.7 Å². The van der Waals surface area contributed by atoms with E-state index in [1.54, 1.807) is 0 Å². The van der Waals surface area contributed by atoms with Gasteiger partial charge >= 0.3 is 0 Å². The van der Waals surface area contributed by atoms with Gasteiger partial charge in [0.2, 0.25) is 0 Å². The van der Waals surface area contributed by atoms with E-state index < -0.39 is 0 Å². The summed E-state index contributed by atoms with van der Waals surface area (Å²) in [7, 11) is 6.19. The molecule has 136 valence electrons. The van der Waals surface area contributed by atoms with E-state index in [-0.39, 0.29) is 24.0 Å². The molecular formula is C17H35IN4O. The monoisotopic (exact) mass is 438 g/mol. The van der Waals surface area contributed by atoms with E-state index in [0.29, 0.717) is 30.2 Å². The van der Waals surface area contributed by atoms with Crippen LogP contribution in [0.25, 0.3) is 0 Å². The van der Waals surface area contributed by atoms with Crippen molar-refractivity contribution >= 4 is 29.9 Å². The van der Waals surface area contributed by atoms with E-state index in [9.17, 15) is 0 Å². The number of likely N-dealkylation sites (N-methyl/N-ethyl adjacent to an activating group) is 1. The molecule has 2 bridgehead atoms. The summed E-state index contributed by atoms with van der Waals surface area (Å²) in [5, 5.41) is 7.09. The van der Waals surface area contributed by atoms with Crippen LogP contribution in [0.5, 0.6) is 0 Å². The first-order valence-corrected chi connectivity index (χ1v) is 8.88. The Balaban J connectivity index is 0.00000264. The number of aliphatic imine (C=N–C) groups is 1. The second-order valence-corrected chi connectivity index (χ2v) is 6.92. The molecule has 0 amide bonds. The van der Waals surface area contributed by atoms with Crippen LogP contribution in [0.4, 0.5) is 0 Å². The summed E-state index contributed by atoms with van der Waals surface area (Å²) in [5.74, 6) is 1.63. The Morgan fingerprint density at radius 2 is 1.96 bits per heavy atom. The van der Waals surface area contributed by atoms with Gasteiger partial charge in [-0.25, -0.2) is 0 Å². The lowest BCUT2D eigenvalue weighted by Crippen LogP contribution is -2.51. The lowest BCUT2D eigenvalue weighted by atomic mass is 9.93. The molecular weight excluding hydrogens is 403 g/mol. The van der Waals surface area contributed by atoms with Crippen molar-refractivity contribution in [1.29, 1.82) is 0 Å². The number of ether oxygens (including phenoxy) is 1. The molecule has 23 heavy (non-hydrogen) atoms. The van der Waals surface area contributed by atoms with Crippen LogP contribution >= 0.6 is 24.0 Å². The van der Waals surface area contributed by atoms with Crippen molar-refractivity contribution in [2.45, 2.75) is 70.2 Å². The quantitative estimate of drug-likeness (QED) is 0.364. The Hall–Kier alpha value is -0.0800. The summed E-state index contributed by atoms with van der Waals surface area (Å²) in [4.78, 5) is 6.73. The van der Waals surface area contributed by atoms with Crippen molar-refractivity contribution in [3.05, 3.63) is 0 Å². The van der Waals surface area contributed by atoms with Gasteiger partial charge in [0.25, 0.3) is 0 Å². The molecule has 2 rings (SSSR count). The van der Waals surface area contributed by atoms with Crippen molar-refractivity contribution < 1.29 is 4.74 Å². The van der Waals surface area contributed by atoms with Crippen LogP contribution in [0.3, 0.4) is 0 Å². The van der Waals surface area contributed by atoms with Gasteiger partial charge in [-0.2, -0.15) is 0 Å². The largest absolute Gasteiger partial charge is 0.373 e. The van der Waals surface area contributed by atoms with Gasteiger partial charge in [0.1, 0.15) is 0 Å².